The van der Waals surface area contributed by atoms with E-state index < -0.39 is 24.6 Å². The van der Waals surface area contributed by atoms with Crippen LogP contribution in [-0.2, 0) is 0 Å². The summed E-state index contributed by atoms with van der Waals surface area (Å²) >= 11 is 0. The van der Waals surface area contributed by atoms with Crippen molar-refractivity contribution < 1.29 is 23.0 Å². The van der Waals surface area contributed by atoms with Crippen LogP contribution in [0.25, 0.3) is 0 Å². The summed E-state index contributed by atoms with van der Waals surface area (Å²) < 4.78 is 17.1. The summed E-state index contributed by atoms with van der Waals surface area (Å²) in [7, 11) is -6.88. The third kappa shape index (κ3) is 4.42. The van der Waals surface area contributed by atoms with Gasteiger partial charge in [0, 0.05) is 0 Å². The summed E-state index contributed by atoms with van der Waals surface area (Å²) in [4.78, 5) is 1.31. The molecule has 0 N–H and O–H groups in total. The van der Waals surface area contributed by atoms with Crippen LogP contribution in [0, 0.1) is 4.79 Å². The van der Waals surface area contributed by atoms with Gasteiger partial charge in [-0.2, -0.15) is 0 Å². The molecular formula is C19H28FLiSi3. The van der Waals surface area contributed by atoms with Crippen LogP contribution < -0.4 is 29.2 Å². The molecule has 0 aliphatic rings. The van der Waals surface area contributed by atoms with Crippen molar-refractivity contribution in [3.8, 4) is 0 Å². The number of benzene rings is 2. The second kappa shape index (κ2) is 7.88. The number of rotatable bonds is 5. The molecule has 2 aromatic carbocycles. The predicted molar refractivity (Wildman–Crippen MR) is 109 cm³/mol. The van der Waals surface area contributed by atoms with Gasteiger partial charge in [-0.25, -0.2) is 0 Å². The quantitative estimate of drug-likeness (QED) is 0.428. The van der Waals surface area contributed by atoms with Gasteiger partial charge in [-0.15, -0.1) is 0 Å². The van der Waals surface area contributed by atoms with Crippen LogP contribution in [0.15, 0.2) is 60.7 Å². The van der Waals surface area contributed by atoms with E-state index in [9.17, 15) is 0 Å². The van der Waals surface area contributed by atoms with Gasteiger partial charge in [0.15, 0.2) is 8.41 Å². The van der Waals surface area contributed by atoms with Crippen LogP contribution in [0.1, 0.15) is 0 Å². The van der Waals surface area contributed by atoms with Gasteiger partial charge in [0.1, 0.15) is 0 Å². The van der Waals surface area contributed by atoms with Crippen LogP contribution in [-0.4, -0.2) is 24.6 Å². The molecule has 0 aliphatic carbocycles. The van der Waals surface area contributed by atoms with Crippen molar-refractivity contribution in [1.82, 2.24) is 0 Å². The Balaban J connectivity index is 0.00000288. The molecule has 24 heavy (non-hydrogen) atoms. The van der Waals surface area contributed by atoms with Gasteiger partial charge in [-0.1, -0.05) is 116 Å². The molecule has 2 aromatic rings. The molecule has 5 heteroatoms. The van der Waals surface area contributed by atoms with Gasteiger partial charge in [0.2, 0.25) is 0 Å². The molecule has 0 heterocycles. The Labute approximate surface area is 162 Å². The summed E-state index contributed by atoms with van der Waals surface area (Å²) in [6.07, 6.45) is 0. The second-order valence-corrected chi connectivity index (χ2v) is 22.7. The Hall–Kier alpha value is -0.382. The Bertz CT molecular complexity index is 580. The summed E-state index contributed by atoms with van der Waals surface area (Å²) in [5, 5.41) is 1.82. The van der Waals surface area contributed by atoms with E-state index in [0.717, 1.165) is 10.4 Å². The van der Waals surface area contributed by atoms with Crippen molar-refractivity contribution in [2.45, 2.75) is 39.3 Å². The molecule has 0 nitrogen and oxygen atoms in total. The molecule has 0 unspecified atom stereocenters. The Morgan fingerprint density at radius 3 is 1.17 bits per heavy atom. The molecule has 0 aliphatic heterocycles. The molecule has 0 saturated carbocycles. The molecular weight excluding hydrogens is 338 g/mol. The maximum absolute atomic E-state index is 17.1. The molecule has 0 atom stereocenters. The zero-order valence-electron chi connectivity index (χ0n) is 16.2. The summed E-state index contributed by atoms with van der Waals surface area (Å²) in [5.41, 5.74) is 0. The van der Waals surface area contributed by atoms with Crippen LogP contribution in [0.2, 0.25) is 39.3 Å². The molecule has 124 valence electrons. The molecule has 0 spiro atoms. The maximum atomic E-state index is 17.1. The third-order valence-corrected chi connectivity index (χ3v) is 21.2. The van der Waals surface area contributed by atoms with Crippen molar-refractivity contribution in [2.75, 3.05) is 0 Å². The fourth-order valence-electron chi connectivity index (χ4n) is 3.95. The molecule has 2 rings (SSSR count). The van der Waals surface area contributed by atoms with Gasteiger partial charge in [-0.3, -0.25) is 4.79 Å². The topological polar surface area (TPSA) is 0 Å². The van der Waals surface area contributed by atoms with Crippen LogP contribution >= 0.6 is 0 Å². The number of hydrogen-bond acceptors (Lipinski definition) is 0. The van der Waals surface area contributed by atoms with Gasteiger partial charge in [-0.05, 0) is 10.4 Å². The van der Waals surface area contributed by atoms with E-state index in [1.165, 1.54) is 4.79 Å². The summed E-state index contributed by atoms with van der Waals surface area (Å²) in [6, 6.07) is 19.9. The summed E-state index contributed by atoms with van der Waals surface area (Å²) in [6.45, 7) is 13.9. The standard InChI is InChI=1S/C19H28FSi3.Li/c1-21(2,3)19(22(4,5)6)23(20,17-13-9-7-10-14-17)18-15-11-8-12-16-18;/h7-16H,1-6H3;/q-1;+1. The van der Waals surface area contributed by atoms with E-state index in [1.807, 2.05) is 60.7 Å². The first kappa shape index (κ1) is 21.7. The molecule has 0 radical (unpaired) electrons. The minimum absolute atomic E-state index is 0. The van der Waals surface area contributed by atoms with E-state index in [-0.39, 0.29) is 18.9 Å². The zero-order valence-corrected chi connectivity index (χ0v) is 19.2. The largest absolute Gasteiger partial charge is 1.00 e. The summed E-state index contributed by atoms with van der Waals surface area (Å²) in [5.74, 6) is 0. The van der Waals surface area contributed by atoms with Crippen molar-refractivity contribution >= 4 is 34.9 Å². The van der Waals surface area contributed by atoms with Gasteiger partial charge in [0.25, 0.3) is 0 Å². The van der Waals surface area contributed by atoms with E-state index in [0.29, 0.717) is 0 Å². The maximum Gasteiger partial charge on any atom is 1.00 e. The zero-order chi connectivity index (χ0) is 17.3. The van der Waals surface area contributed by atoms with Gasteiger partial charge >= 0.3 is 18.9 Å². The number of hydrogen-bond donors (Lipinski definition) is 0. The first-order valence-electron chi connectivity index (χ1n) is 8.26. The average Bonchev–Trinajstić information content (AvgIpc) is 2.46. The van der Waals surface area contributed by atoms with Crippen molar-refractivity contribution in [2.24, 2.45) is 0 Å². The average molecular weight is 367 g/mol. The van der Waals surface area contributed by atoms with Crippen LogP contribution in [0.4, 0.5) is 4.11 Å². The Morgan fingerprint density at radius 1 is 0.625 bits per heavy atom. The third-order valence-electron chi connectivity index (χ3n) is 4.19. The van der Waals surface area contributed by atoms with E-state index in [1.54, 1.807) is 0 Å². The fraction of sp³-hybridized carbons (Fsp3) is 0.316. The van der Waals surface area contributed by atoms with Crippen LogP contribution in [0.5, 0.6) is 0 Å². The van der Waals surface area contributed by atoms with Crippen molar-refractivity contribution in [3.05, 3.63) is 65.5 Å². The minimum Gasteiger partial charge on any atom is -0.338 e. The predicted octanol–water partition coefficient (Wildman–Crippen LogP) is 1.59. The van der Waals surface area contributed by atoms with Crippen molar-refractivity contribution in [3.63, 3.8) is 0 Å². The normalized spacial score (nSPS) is 12.8. The van der Waals surface area contributed by atoms with E-state index >= 15 is 4.11 Å². The second-order valence-electron chi connectivity index (χ2n) is 8.27. The molecule has 0 aromatic heterocycles. The molecule has 0 fully saturated rings. The minimum atomic E-state index is -3.36. The smallest absolute Gasteiger partial charge is 0.338 e. The van der Waals surface area contributed by atoms with Crippen molar-refractivity contribution in [1.29, 1.82) is 0 Å². The first-order valence-corrected chi connectivity index (χ1v) is 17.1. The Kier molecular flexibility index (Phi) is 7.11. The monoisotopic (exact) mass is 366 g/mol. The van der Waals surface area contributed by atoms with Crippen LogP contribution in [0.3, 0.4) is 0 Å². The Morgan fingerprint density at radius 2 is 0.917 bits per heavy atom. The first-order chi connectivity index (χ1) is 10.6. The molecule has 0 bridgehead atoms. The van der Waals surface area contributed by atoms with E-state index in [4.69, 9.17) is 0 Å². The SMILES string of the molecule is C[Si](C)(C)[C-]([Si](C)(C)C)[Si](F)(c1ccccc1)c1ccccc1.[Li+]. The molecule has 0 saturated heterocycles. The van der Waals surface area contributed by atoms with E-state index in [2.05, 4.69) is 39.3 Å². The molecule has 0 amide bonds. The number of halogens is 1. The van der Waals surface area contributed by atoms with Gasteiger partial charge < -0.3 is 4.11 Å². The fourth-order valence-corrected chi connectivity index (χ4v) is 25.2. The van der Waals surface area contributed by atoms with Gasteiger partial charge in [0.05, 0.1) is 0 Å².